The van der Waals surface area contributed by atoms with Gasteiger partial charge in [-0.25, -0.2) is 4.79 Å². The molecule has 2 aliphatic rings. The van der Waals surface area contributed by atoms with Crippen molar-refractivity contribution in [1.82, 2.24) is 0 Å². The quantitative estimate of drug-likeness (QED) is 0.382. The van der Waals surface area contributed by atoms with Crippen molar-refractivity contribution >= 4 is 52.5 Å². The van der Waals surface area contributed by atoms with E-state index in [9.17, 15) is 9.59 Å². The van der Waals surface area contributed by atoms with Gasteiger partial charge in [0.2, 0.25) is 5.91 Å². The van der Waals surface area contributed by atoms with Gasteiger partial charge in [-0.05, 0) is 55.0 Å². The molecule has 0 fully saturated rings. The van der Waals surface area contributed by atoms with Gasteiger partial charge in [-0.1, -0.05) is 54.6 Å². The topological polar surface area (TPSA) is 61.4 Å². The molecule has 0 saturated heterocycles. The molecule has 0 bridgehead atoms. The predicted molar refractivity (Wildman–Crippen MR) is 147 cm³/mol. The molecule has 7 heteroatoms. The number of allylic oxidation sites excluding steroid dienone is 2. The molecule has 0 spiro atoms. The van der Waals surface area contributed by atoms with Crippen molar-refractivity contribution in [3.8, 4) is 0 Å². The highest BCUT2D eigenvalue weighted by Gasteiger charge is 2.36. The van der Waals surface area contributed by atoms with E-state index in [0.29, 0.717) is 5.69 Å². The van der Waals surface area contributed by atoms with Crippen LogP contribution < -0.4 is 15.5 Å². The number of para-hydroxylation sites is 1. The van der Waals surface area contributed by atoms with Crippen LogP contribution in [0.2, 0.25) is 0 Å². The highest BCUT2D eigenvalue weighted by Crippen LogP contribution is 2.43. The number of rotatable bonds is 5. The van der Waals surface area contributed by atoms with Gasteiger partial charge in [0.1, 0.15) is 0 Å². The lowest BCUT2D eigenvalue weighted by Crippen LogP contribution is -2.49. The molecule has 1 aliphatic carbocycles. The Bertz CT molecular complexity index is 1320. The first-order chi connectivity index (χ1) is 17.1. The molecule has 1 aliphatic heterocycles. The van der Waals surface area contributed by atoms with E-state index in [1.54, 1.807) is 11.8 Å². The van der Waals surface area contributed by atoms with Crippen LogP contribution in [0, 0.1) is 6.92 Å². The number of aryl methyl sites for hydroxylation is 1. The molecule has 2 atom stereocenters. The highest BCUT2D eigenvalue weighted by atomic mass is 32.2. The molecule has 5 nitrogen and oxygen atoms in total. The molecule has 176 valence electrons. The Labute approximate surface area is 213 Å². The summed E-state index contributed by atoms with van der Waals surface area (Å²) < 4.78 is 0. The Kier molecular flexibility index (Phi) is 6.97. The number of amides is 3. The average Bonchev–Trinajstić information content (AvgIpc) is 2.86. The smallest absolute Gasteiger partial charge is 0.325 e. The minimum absolute atomic E-state index is 0.0530. The first-order valence-corrected chi connectivity index (χ1v) is 13.2. The van der Waals surface area contributed by atoms with Crippen LogP contribution in [0.3, 0.4) is 0 Å². The first-order valence-electron chi connectivity index (χ1n) is 11.4. The van der Waals surface area contributed by atoms with E-state index in [0.717, 1.165) is 26.7 Å². The summed E-state index contributed by atoms with van der Waals surface area (Å²) in [4.78, 5) is 29.7. The summed E-state index contributed by atoms with van der Waals surface area (Å²) in [6.07, 6.45) is 8.25. The fourth-order valence-electron chi connectivity index (χ4n) is 4.14. The molecule has 2 N–H and O–H groups in total. The van der Waals surface area contributed by atoms with Gasteiger partial charge >= 0.3 is 6.03 Å². The lowest BCUT2D eigenvalue weighted by Gasteiger charge is -2.40. The standard InChI is InChI=1S/C28H25N3O2S2/c1-19-8-6-9-20(16-19)29-27(32)18-34-22-11-7-10-21(17-22)30-28(33)31-23-12-2-4-14-25(23)35-26-15-5-3-13-24(26)31/h2-17,23,25H,18H2,1H3,(H,29,32)(H,30,33). The molecule has 3 amide bonds. The molecular formula is C28H25N3O2S2. The number of hydrogen-bond acceptors (Lipinski definition) is 4. The Morgan fingerprint density at radius 1 is 0.914 bits per heavy atom. The Balaban J connectivity index is 1.26. The van der Waals surface area contributed by atoms with Gasteiger partial charge in [-0.2, -0.15) is 0 Å². The highest BCUT2D eigenvalue weighted by molar-refractivity contribution is 8.00. The molecule has 0 aromatic heterocycles. The van der Waals surface area contributed by atoms with Gasteiger partial charge in [0, 0.05) is 21.2 Å². The van der Waals surface area contributed by atoms with E-state index < -0.39 is 0 Å². The predicted octanol–water partition coefficient (Wildman–Crippen LogP) is 6.73. The van der Waals surface area contributed by atoms with Gasteiger partial charge in [-0.3, -0.25) is 9.69 Å². The third-order valence-corrected chi connectivity index (χ3v) is 8.02. The van der Waals surface area contributed by atoms with Gasteiger partial charge in [0.15, 0.2) is 0 Å². The largest absolute Gasteiger partial charge is 0.326 e. The second-order valence-electron chi connectivity index (χ2n) is 8.34. The van der Waals surface area contributed by atoms with E-state index in [4.69, 9.17) is 0 Å². The zero-order valence-corrected chi connectivity index (χ0v) is 20.8. The van der Waals surface area contributed by atoms with Gasteiger partial charge < -0.3 is 10.6 Å². The van der Waals surface area contributed by atoms with Crippen molar-refractivity contribution in [3.05, 3.63) is 103 Å². The number of carbonyl (C=O) groups excluding carboxylic acids is 2. The van der Waals surface area contributed by atoms with Crippen molar-refractivity contribution in [2.75, 3.05) is 21.3 Å². The average molecular weight is 500 g/mol. The van der Waals surface area contributed by atoms with Crippen molar-refractivity contribution in [1.29, 1.82) is 0 Å². The number of urea groups is 1. The Morgan fingerprint density at radius 2 is 1.69 bits per heavy atom. The van der Waals surface area contributed by atoms with E-state index in [1.165, 1.54) is 11.8 Å². The van der Waals surface area contributed by atoms with Crippen molar-refractivity contribution in [2.24, 2.45) is 0 Å². The summed E-state index contributed by atoms with van der Waals surface area (Å²) in [7, 11) is 0. The van der Waals surface area contributed by atoms with Crippen LogP contribution in [-0.2, 0) is 4.79 Å². The Morgan fingerprint density at radius 3 is 2.54 bits per heavy atom. The fourth-order valence-corrected chi connectivity index (χ4v) is 6.15. The molecule has 35 heavy (non-hydrogen) atoms. The van der Waals surface area contributed by atoms with Gasteiger partial charge in [0.25, 0.3) is 0 Å². The summed E-state index contributed by atoms with van der Waals surface area (Å²) >= 11 is 3.22. The number of nitrogens with one attached hydrogen (secondary N) is 2. The van der Waals surface area contributed by atoms with Crippen LogP contribution in [0.15, 0.2) is 107 Å². The van der Waals surface area contributed by atoms with Crippen LogP contribution in [0.4, 0.5) is 21.9 Å². The van der Waals surface area contributed by atoms with E-state index in [-0.39, 0.29) is 29.0 Å². The summed E-state index contributed by atoms with van der Waals surface area (Å²) in [5.41, 5.74) is 3.50. The van der Waals surface area contributed by atoms with E-state index in [1.807, 2.05) is 90.7 Å². The molecule has 2 unspecified atom stereocenters. The molecular weight excluding hydrogens is 474 g/mol. The molecule has 1 heterocycles. The third kappa shape index (κ3) is 5.47. The second kappa shape index (κ2) is 10.5. The first kappa shape index (κ1) is 23.3. The monoisotopic (exact) mass is 499 g/mol. The molecule has 0 radical (unpaired) electrons. The van der Waals surface area contributed by atoms with Crippen LogP contribution in [-0.4, -0.2) is 29.0 Å². The summed E-state index contributed by atoms with van der Waals surface area (Å²) in [6, 6.07) is 23.1. The van der Waals surface area contributed by atoms with Crippen LogP contribution in [0.25, 0.3) is 0 Å². The number of fused-ring (bicyclic) bond motifs is 2. The minimum atomic E-state index is -0.174. The number of nitrogens with zero attached hydrogens (tertiary/aromatic N) is 1. The number of anilines is 3. The third-order valence-electron chi connectivity index (χ3n) is 5.72. The fraction of sp³-hybridized carbons (Fsp3) is 0.143. The zero-order chi connectivity index (χ0) is 24.2. The van der Waals surface area contributed by atoms with Crippen LogP contribution >= 0.6 is 23.5 Å². The maximum atomic E-state index is 13.5. The van der Waals surface area contributed by atoms with Crippen molar-refractivity contribution in [2.45, 2.75) is 28.0 Å². The molecule has 0 saturated carbocycles. The van der Waals surface area contributed by atoms with Crippen LogP contribution in [0.1, 0.15) is 5.56 Å². The molecule has 5 rings (SSSR count). The number of carbonyl (C=O) groups is 2. The summed E-state index contributed by atoms with van der Waals surface area (Å²) in [5, 5.41) is 6.17. The minimum Gasteiger partial charge on any atom is -0.325 e. The normalized spacial score (nSPS) is 17.9. The van der Waals surface area contributed by atoms with E-state index in [2.05, 4.69) is 28.9 Å². The zero-order valence-electron chi connectivity index (χ0n) is 19.2. The lowest BCUT2D eigenvalue weighted by atomic mass is 10.1. The summed E-state index contributed by atoms with van der Waals surface area (Å²) in [5.74, 6) is 0.212. The van der Waals surface area contributed by atoms with Gasteiger partial charge in [0.05, 0.1) is 22.7 Å². The number of hydrogen-bond donors (Lipinski definition) is 2. The second-order valence-corrected chi connectivity index (χ2v) is 10.6. The molecule has 3 aromatic carbocycles. The number of thioether (sulfide) groups is 2. The van der Waals surface area contributed by atoms with Crippen molar-refractivity contribution in [3.63, 3.8) is 0 Å². The maximum absolute atomic E-state index is 13.5. The molecule has 3 aromatic rings. The SMILES string of the molecule is Cc1cccc(NC(=O)CSc2cccc(NC(=O)N3c4ccccc4SC4C=CC=CC43)c2)c1. The van der Waals surface area contributed by atoms with Gasteiger partial charge in [-0.15, -0.1) is 23.5 Å². The van der Waals surface area contributed by atoms with Crippen LogP contribution in [0.5, 0.6) is 0 Å². The lowest BCUT2D eigenvalue weighted by molar-refractivity contribution is -0.113. The number of benzene rings is 3. The van der Waals surface area contributed by atoms with Crippen molar-refractivity contribution < 1.29 is 9.59 Å². The maximum Gasteiger partial charge on any atom is 0.326 e. The Hall–Kier alpha value is -3.42. The van der Waals surface area contributed by atoms with E-state index >= 15 is 0 Å². The summed E-state index contributed by atoms with van der Waals surface area (Å²) in [6.45, 7) is 1.99.